The largest absolute Gasteiger partial charge is 0.456 e. The number of furan rings is 1. The summed E-state index contributed by atoms with van der Waals surface area (Å²) >= 11 is 0. The minimum atomic E-state index is 0.911. The molecular formula is C50H32N2O. The van der Waals surface area contributed by atoms with Gasteiger partial charge in [0.05, 0.1) is 27.8 Å². The summed E-state index contributed by atoms with van der Waals surface area (Å²) in [5.41, 5.74) is 11.8. The number of aromatic nitrogens is 2. The van der Waals surface area contributed by atoms with Crippen molar-refractivity contribution in [1.82, 2.24) is 9.13 Å². The number of para-hydroxylation sites is 3. The lowest BCUT2D eigenvalue weighted by molar-refractivity contribution is 0.669. The Bertz CT molecular complexity index is 3340. The standard InChI is InChI=1S/C50H32N2O/c1-2-14-32(15-3-1)51-43-23-11-8-16-33(43)40-27-28-41-34-17-9-12-24-44(34)52(50(41)49(40)51)48-38-21-6-4-19-36(38)47(37-20-5-7-22-39(37)48)31-26-29-46-42(30-31)35-18-10-13-25-45(35)53-46/h1-2,4-14,16-30H,3,15H2. The maximum Gasteiger partial charge on any atom is 0.135 e. The number of hydrogen-bond acceptors (Lipinski definition) is 1. The van der Waals surface area contributed by atoms with Crippen LogP contribution in [0, 0.1) is 0 Å². The molecule has 3 heteroatoms. The van der Waals surface area contributed by atoms with Gasteiger partial charge in [-0.3, -0.25) is 0 Å². The van der Waals surface area contributed by atoms with Gasteiger partial charge in [-0.05, 0) is 71.1 Å². The lowest BCUT2D eigenvalue weighted by Crippen LogP contribution is -2.03. The van der Waals surface area contributed by atoms with Gasteiger partial charge in [0.2, 0.25) is 0 Å². The molecule has 3 heterocycles. The molecule has 3 nitrogen and oxygen atoms in total. The lowest BCUT2D eigenvalue weighted by Gasteiger charge is -2.20. The van der Waals surface area contributed by atoms with E-state index in [2.05, 4.69) is 173 Å². The van der Waals surface area contributed by atoms with E-state index >= 15 is 0 Å². The Balaban J connectivity index is 1.27. The van der Waals surface area contributed by atoms with Gasteiger partial charge in [-0.2, -0.15) is 0 Å². The number of nitrogens with zero attached hydrogens (tertiary/aromatic N) is 2. The van der Waals surface area contributed by atoms with Crippen LogP contribution >= 0.6 is 0 Å². The zero-order valence-corrected chi connectivity index (χ0v) is 28.9. The number of fused-ring (bicyclic) bond motifs is 12. The topological polar surface area (TPSA) is 23.0 Å². The van der Waals surface area contributed by atoms with Crippen molar-refractivity contribution in [2.45, 2.75) is 12.8 Å². The first-order valence-corrected chi connectivity index (χ1v) is 18.5. The van der Waals surface area contributed by atoms with Gasteiger partial charge in [0.25, 0.3) is 0 Å². The summed E-state index contributed by atoms with van der Waals surface area (Å²) in [6, 6.07) is 55.6. The van der Waals surface area contributed by atoms with Crippen LogP contribution in [0.3, 0.4) is 0 Å². The number of hydrogen-bond donors (Lipinski definition) is 0. The van der Waals surface area contributed by atoms with E-state index in [1.54, 1.807) is 0 Å². The summed E-state index contributed by atoms with van der Waals surface area (Å²) in [5.74, 6) is 0. The van der Waals surface area contributed by atoms with Crippen LogP contribution in [0.4, 0.5) is 0 Å². The molecule has 0 saturated heterocycles. The predicted molar refractivity (Wildman–Crippen MR) is 224 cm³/mol. The Morgan fingerprint density at radius 2 is 0.981 bits per heavy atom. The Labute approximate surface area is 304 Å². The fourth-order valence-corrected chi connectivity index (χ4v) is 9.35. The molecule has 0 unspecified atom stereocenters. The molecule has 0 radical (unpaired) electrons. The fraction of sp³-hybridized carbons (Fsp3) is 0.0400. The van der Waals surface area contributed by atoms with E-state index in [4.69, 9.17) is 4.42 Å². The second kappa shape index (κ2) is 10.8. The summed E-state index contributed by atoms with van der Waals surface area (Å²) in [6.07, 6.45) is 8.84. The number of allylic oxidation sites excluding steroid dienone is 4. The molecule has 1 aliphatic rings. The molecule has 11 aromatic rings. The summed E-state index contributed by atoms with van der Waals surface area (Å²) in [5, 5.41) is 12.3. The third-order valence-corrected chi connectivity index (χ3v) is 11.5. The third kappa shape index (κ3) is 3.94. The highest BCUT2D eigenvalue weighted by atomic mass is 16.3. The summed E-state index contributed by atoms with van der Waals surface area (Å²) < 4.78 is 11.4. The van der Waals surface area contributed by atoms with Crippen molar-refractivity contribution >= 4 is 92.8 Å². The van der Waals surface area contributed by atoms with Crippen LogP contribution in [0.5, 0.6) is 0 Å². The van der Waals surface area contributed by atoms with Crippen molar-refractivity contribution in [1.29, 1.82) is 0 Å². The van der Waals surface area contributed by atoms with Crippen LogP contribution in [0.2, 0.25) is 0 Å². The highest BCUT2D eigenvalue weighted by molar-refractivity contribution is 6.27. The van der Waals surface area contributed by atoms with Crippen molar-refractivity contribution in [3.63, 3.8) is 0 Å². The van der Waals surface area contributed by atoms with Gasteiger partial charge in [-0.25, -0.2) is 0 Å². The average Bonchev–Trinajstić information content (AvgIpc) is 3.88. The van der Waals surface area contributed by atoms with E-state index < -0.39 is 0 Å². The molecule has 248 valence electrons. The van der Waals surface area contributed by atoms with Crippen molar-refractivity contribution < 1.29 is 4.42 Å². The van der Waals surface area contributed by atoms with Crippen molar-refractivity contribution in [3.05, 3.63) is 170 Å². The Hall–Kier alpha value is -6.84. The van der Waals surface area contributed by atoms with E-state index in [0.29, 0.717) is 0 Å². The predicted octanol–water partition coefficient (Wildman–Crippen LogP) is 14.0. The van der Waals surface area contributed by atoms with Gasteiger partial charge in [0.15, 0.2) is 0 Å². The molecule has 0 amide bonds. The maximum absolute atomic E-state index is 6.27. The first kappa shape index (κ1) is 28.8. The maximum atomic E-state index is 6.27. The van der Waals surface area contributed by atoms with Gasteiger partial charge in [0.1, 0.15) is 11.2 Å². The first-order chi connectivity index (χ1) is 26.3. The van der Waals surface area contributed by atoms with Crippen molar-refractivity contribution in [2.75, 3.05) is 0 Å². The molecule has 8 aromatic carbocycles. The summed E-state index contributed by atoms with van der Waals surface area (Å²) in [6.45, 7) is 0. The van der Waals surface area contributed by atoms with Gasteiger partial charge in [-0.15, -0.1) is 0 Å². The molecule has 0 spiro atoms. The van der Waals surface area contributed by atoms with Crippen LogP contribution < -0.4 is 0 Å². The monoisotopic (exact) mass is 676 g/mol. The molecule has 0 atom stereocenters. The highest BCUT2D eigenvalue weighted by Gasteiger charge is 2.25. The number of rotatable bonds is 3. The molecule has 0 saturated carbocycles. The quantitative estimate of drug-likeness (QED) is 0.171. The minimum absolute atomic E-state index is 0.911. The first-order valence-electron chi connectivity index (χ1n) is 18.5. The van der Waals surface area contributed by atoms with Crippen molar-refractivity contribution in [3.8, 4) is 16.8 Å². The van der Waals surface area contributed by atoms with Crippen LogP contribution in [0.1, 0.15) is 12.8 Å². The van der Waals surface area contributed by atoms with Gasteiger partial charge in [-0.1, -0.05) is 133 Å². The second-order valence-corrected chi connectivity index (χ2v) is 14.3. The van der Waals surface area contributed by atoms with Crippen LogP contribution in [0.25, 0.3) is 110 Å². The molecule has 0 fully saturated rings. The third-order valence-electron chi connectivity index (χ3n) is 11.5. The molecular weight excluding hydrogens is 645 g/mol. The molecule has 0 aliphatic heterocycles. The van der Waals surface area contributed by atoms with Gasteiger partial charge >= 0.3 is 0 Å². The zero-order valence-electron chi connectivity index (χ0n) is 28.9. The molecule has 53 heavy (non-hydrogen) atoms. The van der Waals surface area contributed by atoms with Crippen LogP contribution in [-0.2, 0) is 0 Å². The van der Waals surface area contributed by atoms with Crippen LogP contribution in [0.15, 0.2) is 174 Å². The lowest BCUT2D eigenvalue weighted by atomic mass is 9.90. The van der Waals surface area contributed by atoms with E-state index in [1.165, 1.54) is 87.7 Å². The Morgan fingerprint density at radius 3 is 1.64 bits per heavy atom. The molecule has 3 aromatic heterocycles. The second-order valence-electron chi connectivity index (χ2n) is 14.3. The van der Waals surface area contributed by atoms with Gasteiger partial charge in [0, 0.05) is 48.8 Å². The molecule has 0 bridgehead atoms. The van der Waals surface area contributed by atoms with Crippen LogP contribution in [-0.4, -0.2) is 9.13 Å². The van der Waals surface area contributed by atoms with Crippen molar-refractivity contribution in [2.24, 2.45) is 0 Å². The van der Waals surface area contributed by atoms with Gasteiger partial charge < -0.3 is 13.6 Å². The Morgan fingerprint density at radius 1 is 0.434 bits per heavy atom. The average molecular weight is 677 g/mol. The SMILES string of the molecule is C1=CCCC(n2c3ccccc3c3ccc4c5ccccc5n(-c5c6ccccc6c(-c6ccc7oc8ccccc8c7c6)c6ccccc56)c4c32)=C1. The van der Waals surface area contributed by atoms with E-state index in [0.717, 1.165) is 34.8 Å². The zero-order chi connectivity index (χ0) is 34.6. The van der Waals surface area contributed by atoms with E-state index in [9.17, 15) is 0 Å². The minimum Gasteiger partial charge on any atom is -0.456 e. The Kier molecular flexibility index (Phi) is 5.89. The van der Waals surface area contributed by atoms with E-state index in [1.807, 2.05) is 6.07 Å². The highest BCUT2D eigenvalue weighted by Crippen LogP contribution is 2.47. The molecule has 12 rings (SSSR count). The number of benzene rings is 8. The fourth-order valence-electron chi connectivity index (χ4n) is 9.35. The molecule has 0 N–H and O–H groups in total. The van der Waals surface area contributed by atoms with E-state index in [-0.39, 0.29) is 0 Å². The normalized spacial score (nSPS) is 13.5. The summed E-state index contributed by atoms with van der Waals surface area (Å²) in [4.78, 5) is 0. The smallest absolute Gasteiger partial charge is 0.135 e. The molecule has 1 aliphatic carbocycles. The summed E-state index contributed by atoms with van der Waals surface area (Å²) in [7, 11) is 0.